The summed E-state index contributed by atoms with van der Waals surface area (Å²) >= 11 is 0. The smallest absolute Gasteiger partial charge is 0.256 e. The fourth-order valence-electron chi connectivity index (χ4n) is 2.06. The van der Waals surface area contributed by atoms with E-state index in [1.807, 2.05) is 30.3 Å². The fraction of sp³-hybridized carbons (Fsp3) is 0. The number of rotatable bonds is 1. The minimum atomic E-state index is -0.112. The molecule has 3 rings (SSSR count). The summed E-state index contributed by atoms with van der Waals surface area (Å²) in [6.45, 7) is 0. The molecule has 3 nitrogen and oxygen atoms in total. The Labute approximate surface area is 104 Å². The summed E-state index contributed by atoms with van der Waals surface area (Å²) in [5.41, 5.74) is 3.15. The molecule has 0 aromatic heterocycles. The molecule has 1 amide bonds. The van der Waals surface area contributed by atoms with E-state index in [9.17, 15) is 9.90 Å². The summed E-state index contributed by atoms with van der Waals surface area (Å²) in [6.07, 6.45) is 1.78. The number of phenolic OH excluding ortho intramolecular Hbond substituents is 1. The molecule has 2 aromatic carbocycles. The average molecular weight is 237 g/mol. The molecule has 0 spiro atoms. The van der Waals surface area contributed by atoms with Crippen LogP contribution in [0.15, 0.2) is 48.5 Å². The normalized spacial score (nSPS) is 15.6. The van der Waals surface area contributed by atoms with Crippen molar-refractivity contribution < 1.29 is 9.90 Å². The highest BCUT2D eigenvalue weighted by atomic mass is 16.3. The third-order valence-corrected chi connectivity index (χ3v) is 2.89. The first-order valence-corrected chi connectivity index (χ1v) is 5.65. The fourth-order valence-corrected chi connectivity index (χ4v) is 2.06. The molecule has 0 saturated carbocycles. The topological polar surface area (TPSA) is 49.3 Å². The summed E-state index contributed by atoms with van der Waals surface area (Å²) in [5, 5.41) is 12.2. The standard InChI is InChI=1S/C15H11NO2/c17-11-5-3-4-10(8-11)9-13-12-6-1-2-7-14(12)16-15(13)18/h1-9,17H,(H,16,18)/b13-9+. The minimum Gasteiger partial charge on any atom is -0.508 e. The second-order valence-electron chi connectivity index (χ2n) is 4.15. The quantitative estimate of drug-likeness (QED) is 0.749. The van der Waals surface area contributed by atoms with Gasteiger partial charge in [0.15, 0.2) is 0 Å². The van der Waals surface area contributed by atoms with Gasteiger partial charge in [-0.05, 0) is 29.8 Å². The van der Waals surface area contributed by atoms with E-state index in [0.717, 1.165) is 16.8 Å². The molecule has 0 saturated heterocycles. The zero-order valence-corrected chi connectivity index (χ0v) is 9.55. The second kappa shape index (κ2) is 4.04. The van der Waals surface area contributed by atoms with Crippen LogP contribution in [0.3, 0.4) is 0 Å². The molecule has 1 aliphatic rings. The van der Waals surface area contributed by atoms with Crippen LogP contribution in [0.4, 0.5) is 5.69 Å². The number of anilines is 1. The SMILES string of the molecule is O=C1Nc2ccccc2/C1=C\c1cccc(O)c1. The van der Waals surface area contributed by atoms with Crippen LogP contribution in [0.25, 0.3) is 11.6 Å². The van der Waals surface area contributed by atoms with E-state index in [-0.39, 0.29) is 11.7 Å². The van der Waals surface area contributed by atoms with Crippen LogP contribution in [0.1, 0.15) is 11.1 Å². The van der Waals surface area contributed by atoms with Gasteiger partial charge in [-0.25, -0.2) is 0 Å². The molecule has 0 unspecified atom stereocenters. The van der Waals surface area contributed by atoms with E-state index in [2.05, 4.69) is 5.32 Å². The number of amides is 1. The van der Waals surface area contributed by atoms with Gasteiger partial charge in [0, 0.05) is 16.8 Å². The number of hydrogen-bond donors (Lipinski definition) is 2. The van der Waals surface area contributed by atoms with Gasteiger partial charge in [-0.15, -0.1) is 0 Å². The Balaban J connectivity index is 2.10. The van der Waals surface area contributed by atoms with Gasteiger partial charge < -0.3 is 10.4 Å². The van der Waals surface area contributed by atoms with Gasteiger partial charge in [0.1, 0.15) is 5.75 Å². The van der Waals surface area contributed by atoms with Crippen molar-refractivity contribution in [2.75, 3.05) is 5.32 Å². The highest BCUT2D eigenvalue weighted by Gasteiger charge is 2.23. The van der Waals surface area contributed by atoms with Gasteiger partial charge >= 0.3 is 0 Å². The van der Waals surface area contributed by atoms with E-state index >= 15 is 0 Å². The monoisotopic (exact) mass is 237 g/mol. The molecule has 0 aliphatic carbocycles. The molecule has 1 aliphatic heterocycles. The Morgan fingerprint density at radius 3 is 2.72 bits per heavy atom. The Morgan fingerprint density at radius 1 is 1.06 bits per heavy atom. The largest absolute Gasteiger partial charge is 0.508 e. The van der Waals surface area contributed by atoms with Crippen LogP contribution >= 0.6 is 0 Å². The van der Waals surface area contributed by atoms with Crippen molar-refractivity contribution in [3.05, 3.63) is 59.7 Å². The Morgan fingerprint density at radius 2 is 1.89 bits per heavy atom. The first kappa shape index (κ1) is 10.6. The summed E-state index contributed by atoms with van der Waals surface area (Å²) in [4.78, 5) is 11.9. The molecule has 0 atom stereocenters. The van der Waals surface area contributed by atoms with Crippen LogP contribution in [-0.4, -0.2) is 11.0 Å². The van der Waals surface area contributed by atoms with Crippen molar-refractivity contribution in [1.29, 1.82) is 0 Å². The lowest BCUT2D eigenvalue weighted by atomic mass is 10.0. The molecule has 0 fully saturated rings. The number of carbonyl (C=O) groups excluding carboxylic acids is 1. The van der Waals surface area contributed by atoms with Crippen LogP contribution in [0.2, 0.25) is 0 Å². The number of para-hydroxylation sites is 1. The molecule has 2 N–H and O–H groups in total. The Kier molecular flexibility index (Phi) is 2.38. The third-order valence-electron chi connectivity index (χ3n) is 2.89. The number of phenols is 1. The lowest BCUT2D eigenvalue weighted by Gasteiger charge is -1.99. The van der Waals surface area contributed by atoms with Gasteiger partial charge in [0.25, 0.3) is 5.91 Å². The average Bonchev–Trinajstić information content (AvgIpc) is 2.66. The van der Waals surface area contributed by atoms with Crippen molar-refractivity contribution in [3.8, 4) is 5.75 Å². The maximum Gasteiger partial charge on any atom is 0.256 e. The van der Waals surface area contributed by atoms with Gasteiger partial charge in [-0.3, -0.25) is 4.79 Å². The first-order chi connectivity index (χ1) is 8.74. The van der Waals surface area contributed by atoms with Gasteiger partial charge in [-0.2, -0.15) is 0 Å². The lowest BCUT2D eigenvalue weighted by Crippen LogP contribution is -2.03. The minimum absolute atomic E-state index is 0.112. The van der Waals surface area contributed by atoms with E-state index < -0.39 is 0 Å². The van der Waals surface area contributed by atoms with Crippen molar-refractivity contribution in [2.24, 2.45) is 0 Å². The Bertz CT molecular complexity index is 659. The highest BCUT2D eigenvalue weighted by molar-refractivity contribution is 6.34. The van der Waals surface area contributed by atoms with Crippen LogP contribution in [0.5, 0.6) is 5.75 Å². The predicted octanol–water partition coefficient (Wildman–Crippen LogP) is 2.88. The van der Waals surface area contributed by atoms with Crippen LogP contribution < -0.4 is 5.32 Å². The first-order valence-electron chi connectivity index (χ1n) is 5.65. The number of aromatic hydroxyl groups is 1. The molecule has 18 heavy (non-hydrogen) atoms. The summed E-state index contributed by atoms with van der Waals surface area (Å²) in [6, 6.07) is 14.4. The number of carbonyl (C=O) groups is 1. The molecular formula is C15H11NO2. The maximum absolute atomic E-state index is 11.9. The Hall–Kier alpha value is -2.55. The molecule has 0 bridgehead atoms. The molecular weight excluding hydrogens is 226 g/mol. The van der Waals surface area contributed by atoms with Crippen molar-refractivity contribution in [2.45, 2.75) is 0 Å². The van der Waals surface area contributed by atoms with Gasteiger partial charge in [0.2, 0.25) is 0 Å². The lowest BCUT2D eigenvalue weighted by molar-refractivity contribution is -0.110. The number of benzene rings is 2. The molecule has 0 radical (unpaired) electrons. The summed E-state index contributed by atoms with van der Waals surface area (Å²) in [5.74, 6) is 0.0792. The predicted molar refractivity (Wildman–Crippen MR) is 71.0 cm³/mol. The molecule has 2 aromatic rings. The number of fused-ring (bicyclic) bond motifs is 1. The van der Waals surface area contributed by atoms with E-state index in [1.165, 1.54) is 0 Å². The third kappa shape index (κ3) is 1.76. The van der Waals surface area contributed by atoms with Crippen LogP contribution in [0, 0.1) is 0 Å². The van der Waals surface area contributed by atoms with Gasteiger partial charge in [0.05, 0.1) is 0 Å². The molecule has 88 valence electrons. The van der Waals surface area contributed by atoms with E-state index in [0.29, 0.717) is 5.57 Å². The molecule has 1 heterocycles. The van der Waals surface area contributed by atoms with Crippen molar-refractivity contribution in [3.63, 3.8) is 0 Å². The van der Waals surface area contributed by atoms with Gasteiger partial charge in [-0.1, -0.05) is 30.3 Å². The summed E-state index contributed by atoms with van der Waals surface area (Å²) in [7, 11) is 0. The highest BCUT2D eigenvalue weighted by Crippen LogP contribution is 2.32. The number of nitrogens with one attached hydrogen (secondary N) is 1. The van der Waals surface area contributed by atoms with E-state index in [1.54, 1.807) is 24.3 Å². The van der Waals surface area contributed by atoms with E-state index in [4.69, 9.17) is 0 Å². The maximum atomic E-state index is 11.9. The second-order valence-corrected chi connectivity index (χ2v) is 4.15. The zero-order valence-electron chi connectivity index (χ0n) is 9.55. The number of hydrogen-bond acceptors (Lipinski definition) is 2. The molecule has 3 heteroatoms. The van der Waals surface area contributed by atoms with Crippen LogP contribution in [-0.2, 0) is 4.79 Å². The van der Waals surface area contributed by atoms with Crippen molar-refractivity contribution >= 4 is 23.2 Å². The zero-order chi connectivity index (χ0) is 12.5. The summed E-state index contributed by atoms with van der Waals surface area (Å²) < 4.78 is 0. The van der Waals surface area contributed by atoms with Crippen molar-refractivity contribution in [1.82, 2.24) is 0 Å².